The van der Waals surface area contributed by atoms with Crippen LogP contribution >= 0.6 is 0 Å². The standard InChI is InChI=1S/3C8H18N.C5H5F2Ge.Hf/c3*1-7(2,3)9-8(4,5)6;6-8(7)5-3-1-2-4-5;/h3*1-6H3;1-4,8H;/q4*-1;+4. The Balaban J connectivity index is -0.000000188. The molecule has 0 aliphatic carbocycles. The van der Waals surface area contributed by atoms with Crippen LogP contribution in [0.15, 0.2) is 24.3 Å². The molecule has 0 bridgehead atoms. The molecule has 0 saturated carbocycles. The molecule has 0 aromatic heterocycles. The molecule has 0 spiro atoms. The van der Waals surface area contributed by atoms with Crippen molar-refractivity contribution in [1.82, 2.24) is 0 Å². The number of nitrogens with zero attached hydrogens (tertiary/aromatic N) is 3. The molecule has 0 atom stereocenters. The predicted molar refractivity (Wildman–Crippen MR) is 160 cm³/mol. The Morgan fingerprint density at radius 1 is 0.444 bits per heavy atom. The van der Waals surface area contributed by atoms with Gasteiger partial charge in [0.2, 0.25) is 0 Å². The van der Waals surface area contributed by atoms with Crippen molar-refractivity contribution in [2.45, 2.75) is 158 Å². The average Bonchev–Trinajstić information content (AvgIpc) is 2.89. The van der Waals surface area contributed by atoms with Crippen molar-refractivity contribution >= 4 is 19.7 Å². The molecule has 0 aliphatic heterocycles. The van der Waals surface area contributed by atoms with Crippen LogP contribution in [0.25, 0.3) is 16.0 Å². The first-order valence-corrected chi connectivity index (χ1v) is 15.7. The molecular formula is C29H59F2GeHfN3. The Morgan fingerprint density at radius 2 is 0.611 bits per heavy atom. The molecule has 1 aromatic rings. The van der Waals surface area contributed by atoms with Crippen molar-refractivity contribution in [1.29, 1.82) is 0 Å². The van der Waals surface area contributed by atoms with E-state index in [9.17, 15) is 7.00 Å². The van der Waals surface area contributed by atoms with Gasteiger partial charge < -0.3 is 16.0 Å². The van der Waals surface area contributed by atoms with Crippen molar-refractivity contribution in [2.75, 3.05) is 0 Å². The summed E-state index contributed by atoms with van der Waals surface area (Å²) in [5, 5.41) is 13.6. The molecule has 0 saturated heterocycles. The van der Waals surface area contributed by atoms with E-state index in [1.54, 1.807) is 12.1 Å². The fourth-order valence-corrected chi connectivity index (χ4v) is 4.63. The summed E-state index contributed by atoms with van der Waals surface area (Å²) >= 11 is -3.89. The van der Waals surface area contributed by atoms with E-state index >= 15 is 0 Å². The Bertz CT molecular complexity index is 537. The number of hydrogen-bond donors (Lipinski definition) is 0. The Hall–Kier alpha value is 0.503. The van der Waals surface area contributed by atoms with Gasteiger partial charge in [-0.25, -0.2) is 0 Å². The zero-order valence-corrected chi connectivity index (χ0v) is 33.0. The molecule has 0 heterocycles. The van der Waals surface area contributed by atoms with Gasteiger partial charge in [-0.15, -0.1) is 33.2 Å². The van der Waals surface area contributed by atoms with E-state index in [0.29, 0.717) is 0 Å². The van der Waals surface area contributed by atoms with Crippen LogP contribution in [0.3, 0.4) is 0 Å². The Labute approximate surface area is 249 Å². The quantitative estimate of drug-likeness (QED) is 0.204. The van der Waals surface area contributed by atoms with Crippen molar-refractivity contribution in [3.8, 4) is 0 Å². The molecule has 1 rings (SSSR count). The normalized spacial score (nSPS) is 12.8. The second kappa shape index (κ2) is 17.2. The zero-order valence-electron chi connectivity index (χ0n) is 27.0. The summed E-state index contributed by atoms with van der Waals surface area (Å²) in [4.78, 5) is 0. The molecular weight excluding hydrogens is 679 g/mol. The van der Waals surface area contributed by atoms with Gasteiger partial charge in [-0.1, -0.05) is 125 Å². The van der Waals surface area contributed by atoms with E-state index in [-0.39, 0.29) is 63.5 Å². The van der Waals surface area contributed by atoms with Crippen LogP contribution in [-0.4, -0.2) is 48.5 Å². The van der Waals surface area contributed by atoms with E-state index in [0.717, 1.165) is 0 Å². The van der Waals surface area contributed by atoms with Crippen LogP contribution in [0.4, 0.5) is 7.00 Å². The van der Waals surface area contributed by atoms with E-state index in [4.69, 9.17) is 0 Å². The van der Waals surface area contributed by atoms with Gasteiger partial charge in [0, 0.05) is 0 Å². The fourth-order valence-electron chi connectivity index (χ4n) is 3.55. The summed E-state index contributed by atoms with van der Waals surface area (Å²) < 4.78 is 23.9. The minimum atomic E-state index is -3.89. The van der Waals surface area contributed by atoms with Crippen LogP contribution in [-0.2, 0) is 25.8 Å². The molecule has 0 unspecified atom stereocenters. The smallest absolute Gasteiger partial charge is 4.00 e. The monoisotopic (exact) mass is 741 g/mol. The second-order valence-corrected chi connectivity index (χ2v) is 17.5. The first kappa shape index (κ1) is 43.6. The average molecular weight is 739 g/mol. The molecule has 0 aliphatic rings. The van der Waals surface area contributed by atoms with Crippen LogP contribution in [0, 0.1) is 0 Å². The summed E-state index contributed by atoms with van der Waals surface area (Å²) in [6, 6.07) is 6.27. The van der Waals surface area contributed by atoms with Crippen LogP contribution < -0.4 is 4.40 Å². The first-order valence-electron chi connectivity index (χ1n) is 12.6. The molecule has 0 N–H and O–H groups in total. The molecule has 0 amide bonds. The molecule has 36 heavy (non-hydrogen) atoms. The maximum absolute atomic E-state index is 11.8. The summed E-state index contributed by atoms with van der Waals surface area (Å²) in [5.41, 5.74) is 0.656. The van der Waals surface area contributed by atoms with E-state index in [1.807, 2.05) is 0 Å². The Morgan fingerprint density at radius 3 is 0.667 bits per heavy atom. The Kier molecular flexibility index (Phi) is 20.9. The van der Waals surface area contributed by atoms with Crippen molar-refractivity contribution in [2.24, 2.45) is 0 Å². The topological polar surface area (TPSA) is 42.3 Å². The van der Waals surface area contributed by atoms with Gasteiger partial charge >= 0.3 is 76.8 Å². The third-order valence-corrected chi connectivity index (χ3v) is 4.82. The van der Waals surface area contributed by atoms with Crippen molar-refractivity contribution < 1.29 is 32.8 Å². The molecule has 0 radical (unpaired) electrons. The number of halogens is 2. The molecule has 1 aromatic carbocycles. The fraction of sp³-hybridized carbons (Fsp3) is 0.828. The molecule has 3 nitrogen and oxygen atoms in total. The van der Waals surface area contributed by atoms with Gasteiger partial charge in [0.05, 0.1) is 0 Å². The number of hydrogen-bond acceptors (Lipinski definition) is 0. The van der Waals surface area contributed by atoms with Gasteiger partial charge in [0.25, 0.3) is 0 Å². The summed E-state index contributed by atoms with van der Waals surface area (Å²) in [7, 11) is 0. The van der Waals surface area contributed by atoms with Crippen LogP contribution in [0.2, 0.25) is 0 Å². The van der Waals surface area contributed by atoms with E-state index in [2.05, 4.69) is 141 Å². The summed E-state index contributed by atoms with van der Waals surface area (Å²) in [5.74, 6) is 0. The van der Waals surface area contributed by atoms with E-state index in [1.165, 1.54) is 12.1 Å². The van der Waals surface area contributed by atoms with Gasteiger partial charge in [0.15, 0.2) is 0 Å². The zero-order chi connectivity index (χ0) is 29.1. The van der Waals surface area contributed by atoms with E-state index < -0.39 is 15.3 Å². The maximum Gasteiger partial charge on any atom is 4.00 e. The molecule has 7 heteroatoms. The van der Waals surface area contributed by atoms with Crippen molar-refractivity contribution in [3.63, 3.8) is 0 Å². The largest absolute Gasteiger partial charge is 4.00 e. The minimum absolute atomic E-state index is 0. The first-order chi connectivity index (χ1) is 14.9. The SMILES string of the molecule is CC(C)(C)[N-]C(C)(C)C.CC(C)(C)[N-]C(C)(C)C.CC(C)(C)[N-]C(C)(C)C.[F][GeH]([F])[c-]1cccc1.[Hf+4]. The van der Waals surface area contributed by atoms with Crippen molar-refractivity contribution in [3.05, 3.63) is 40.2 Å². The number of rotatable bonds is 1. The summed E-state index contributed by atoms with van der Waals surface area (Å²) in [6.07, 6.45) is 0. The third kappa shape index (κ3) is 44.5. The predicted octanol–water partition coefficient (Wildman–Crippen LogP) is 9.64. The third-order valence-electron chi connectivity index (χ3n) is 2.95. The van der Waals surface area contributed by atoms with Gasteiger partial charge in [0.1, 0.15) is 0 Å². The van der Waals surface area contributed by atoms with Gasteiger partial charge in [-0.05, 0) is 0 Å². The summed E-state index contributed by atoms with van der Waals surface area (Å²) in [6.45, 7) is 38.2. The van der Waals surface area contributed by atoms with Crippen LogP contribution in [0.1, 0.15) is 125 Å². The maximum atomic E-state index is 11.8. The molecule has 0 fully saturated rings. The van der Waals surface area contributed by atoms with Gasteiger partial charge in [-0.3, -0.25) is 0 Å². The molecule has 212 valence electrons. The minimum Gasteiger partial charge on any atom is 4.00 e. The second-order valence-electron chi connectivity index (χ2n) is 14.9. The van der Waals surface area contributed by atoms with Crippen LogP contribution in [0.5, 0.6) is 0 Å². The van der Waals surface area contributed by atoms with Gasteiger partial charge in [-0.2, -0.15) is 0 Å².